The lowest BCUT2D eigenvalue weighted by atomic mass is 9.90. The number of aliphatic carboxylic acids is 1. The average molecular weight is 168 g/mol. The van der Waals surface area contributed by atoms with Crippen molar-refractivity contribution in [1.82, 2.24) is 9.55 Å². The number of hydrogen-bond donors (Lipinski definition) is 1. The van der Waals surface area contributed by atoms with Crippen molar-refractivity contribution in [3.8, 4) is 0 Å². The maximum atomic E-state index is 10.8. The molecular formula is C8H12N2O2. The van der Waals surface area contributed by atoms with Crippen LogP contribution in [0.15, 0.2) is 12.5 Å². The predicted molar refractivity (Wildman–Crippen MR) is 43.9 cm³/mol. The Labute approximate surface area is 70.9 Å². The van der Waals surface area contributed by atoms with Crippen molar-refractivity contribution in [2.24, 2.45) is 7.05 Å². The number of aryl methyl sites for hydroxylation is 1. The summed E-state index contributed by atoms with van der Waals surface area (Å²) in [4.78, 5) is 14.7. The van der Waals surface area contributed by atoms with Gasteiger partial charge in [0.1, 0.15) is 5.41 Å². The molecule has 12 heavy (non-hydrogen) atoms. The molecule has 0 spiro atoms. The van der Waals surface area contributed by atoms with Gasteiger partial charge in [-0.15, -0.1) is 0 Å². The Kier molecular flexibility index (Phi) is 1.92. The molecule has 1 heterocycles. The molecular weight excluding hydrogens is 156 g/mol. The Morgan fingerprint density at radius 1 is 1.67 bits per heavy atom. The highest BCUT2D eigenvalue weighted by Crippen LogP contribution is 2.21. The minimum atomic E-state index is -0.870. The maximum absolute atomic E-state index is 10.8. The van der Waals surface area contributed by atoms with Crippen LogP contribution in [0.5, 0.6) is 0 Å². The van der Waals surface area contributed by atoms with Crippen LogP contribution in [-0.4, -0.2) is 20.6 Å². The van der Waals surface area contributed by atoms with E-state index in [0.29, 0.717) is 5.69 Å². The number of imidazole rings is 1. The fourth-order valence-corrected chi connectivity index (χ4v) is 1.07. The topological polar surface area (TPSA) is 55.1 Å². The molecule has 0 radical (unpaired) electrons. The van der Waals surface area contributed by atoms with Crippen molar-refractivity contribution < 1.29 is 9.90 Å². The molecule has 4 nitrogen and oxygen atoms in total. The zero-order valence-corrected chi connectivity index (χ0v) is 7.40. The normalized spacial score (nSPS) is 11.6. The molecule has 4 heteroatoms. The summed E-state index contributed by atoms with van der Waals surface area (Å²) < 4.78 is 1.72. The van der Waals surface area contributed by atoms with Gasteiger partial charge in [0.25, 0.3) is 0 Å². The second-order valence-corrected chi connectivity index (χ2v) is 3.32. The quantitative estimate of drug-likeness (QED) is 0.710. The molecule has 0 fully saturated rings. The van der Waals surface area contributed by atoms with Gasteiger partial charge in [0.2, 0.25) is 0 Å². The van der Waals surface area contributed by atoms with Crippen LogP contribution in [0.25, 0.3) is 0 Å². The Morgan fingerprint density at radius 3 is 2.58 bits per heavy atom. The largest absolute Gasteiger partial charge is 0.481 e. The number of carboxylic acid groups (broad SMARTS) is 1. The zero-order valence-electron chi connectivity index (χ0n) is 7.40. The van der Waals surface area contributed by atoms with Crippen molar-refractivity contribution in [3.63, 3.8) is 0 Å². The fraction of sp³-hybridized carbons (Fsp3) is 0.500. The Bertz CT molecular complexity index is 302. The zero-order chi connectivity index (χ0) is 9.35. The van der Waals surface area contributed by atoms with E-state index in [1.54, 1.807) is 38.0 Å². The first-order chi connectivity index (χ1) is 5.46. The summed E-state index contributed by atoms with van der Waals surface area (Å²) in [5.41, 5.74) is -0.166. The van der Waals surface area contributed by atoms with Crippen LogP contribution < -0.4 is 0 Å². The lowest BCUT2D eigenvalue weighted by Gasteiger charge is -2.18. The van der Waals surface area contributed by atoms with Crippen molar-refractivity contribution in [3.05, 3.63) is 18.2 Å². The molecule has 0 aromatic carbocycles. The Hall–Kier alpha value is -1.32. The fourth-order valence-electron chi connectivity index (χ4n) is 1.07. The van der Waals surface area contributed by atoms with Gasteiger partial charge in [0.15, 0.2) is 0 Å². The van der Waals surface area contributed by atoms with Gasteiger partial charge in [-0.05, 0) is 13.8 Å². The average Bonchev–Trinajstić information content (AvgIpc) is 2.35. The first-order valence-electron chi connectivity index (χ1n) is 3.66. The van der Waals surface area contributed by atoms with E-state index >= 15 is 0 Å². The van der Waals surface area contributed by atoms with Gasteiger partial charge in [-0.1, -0.05) is 0 Å². The Morgan fingerprint density at radius 2 is 2.25 bits per heavy atom. The molecule has 0 unspecified atom stereocenters. The van der Waals surface area contributed by atoms with E-state index in [1.807, 2.05) is 0 Å². The molecule has 1 aromatic rings. The van der Waals surface area contributed by atoms with E-state index in [-0.39, 0.29) is 0 Å². The van der Waals surface area contributed by atoms with Crippen molar-refractivity contribution in [2.45, 2.75) is 19.3 Å². The van der Waals surface area contributed by atoms with Crippen LogP contribution in [-0.2, 0) is 17.3 Å². The van der Waals surface area contributed by atoms with Gasteiger partial charge >= 0.3 is 5.97 Å². The molecule has 0 atom stereocenters. The summed E-state index contributed by atoms with van der Waals surface area (Å²) >= 11 is 0. The predicted octanol–water partition coefficient (Wildman–Crippen LogP) is 0.782. The maximum Gasteiger partial charge on any atom is 0.315 e. The minimum absolute atomic E-state index is 0.704. The summed E-state index contributed by atoms with van der Waals surface area (Å²) in [5, 5.41) is 8.90. The summed E-state index contributed by atoms with van der Waals surface area (Å²) in [6, 6.07) is 0. The SMILES string of the molecule is Cn1cncc1C(C)(C)C(=O)O. The first-order valence-corrected chi connectivity index (χ1v) is 3.66. The smallest absolute Gasteiger partial charge is 0.315 e. The number of rotatable bonds is 2. The second kappa shape index (κ2) is 2.62. The summed E-state index contributed by atoms with van der Waals surface area (Å²) in [6.07, 6.45) is 3.17. The highest BCUT2D eigenvalue weighted by Gasteiger charge is 2.31. The third-order valence-corrected chi connectivity index (χ3v) is 1.99. The molecule has 0 saturated heterocycles. The summed E-state index contributed by atoms with van der Waals surface area (Å²) in [7, 11) is 1.78. The molecule has 66 valence electrons. The van der Waals surface area contributed by atoms with Crippen LogP contribution in [0.1, 0.15) is 19.5 Å². The van der Waals surface area contributed by atoms with Crippen molar-refractivity contribution >= 4 is 5.97 Å². The molecule has 1 aromatic heterocycles. The van der Waals surface area contributed by atoms with Gasteiger partial charge in [-0.25, -0.2) is 4.98 Å². The lowest BCUT2D eigenvalue weighted by Crippen LogP contribution is -2.30. The molecule has 0 saturated carbocycles. The third-order valence-electron chi connectivity index (χ3n) is 1.99. The van der Waals surface area contributed by atoms with E-state index in [2.05, 4.69) is 4.98 Å². The number of hydrogen-bond acceptors (Lipinski definition) is 2. The monoisotopic (exact) mass is 168 g/mol. The highest BCUT2D eigenvalue weighted by atomic mass is 16.4. The van der Waals surface area contributed by atoms with E-state index < -0.39 is 11.4 Å². The van der Waals surface area contributed by atoms with E-state index in [4.69, 9.17) is 5.11 Å². The molecule has 0 aliphatic rings. The molecule has 0 amide bonds. The second-order valence-electron chi connectivity index (χ2n) is 3.32. The number of nitrogens with zero attached hydrogens (tertiary/aromatic N) is 2. The van der Waals surface area contributed by atoms with E-state index in [9.17, 15) is 4.79 Å². The molecule has 0 bridgehead atoms. The van der Waals surface area contributed by atoms with E-state index in [1.165, 1.54) is 0 Å². The number of aromatic nitrogens is 2. The molecule has 0 aliphatic heterocycles. The number of carbonyl (C=O) groups is 1. The van der Waals surface area contributed by atoms with Crippen molar-refractivity contribution in [2.75, 3.05) is 0 Å². The van der Waals surface area contributed by atoms with E-state index in [0.717, 1.165) is 0 Å². The standard InChI is InChI=1S/C8H12N2O2/c1-8(2,7(11)12)6-4-9-5-10(6)3/h4-5H,1-3H3,(H,11,12). The molecule has 1 rings (SSSR count). The van der Waals surface area contributed by atoms with Crippen LogP contribution in [0.3, 0.4) is 0 Å². The summed E-state index contributed by atoms with van der Waals surface area (Å²) in [6.45, 7) is 3.32. The third kappa shape index (κ3) is 1.20. The highest BCUT2D eigenvalue weighted by molar-refractivity contribution is 5.79. The molecule has 0 aliphatic carbocycles. The van der Waals surface area contributed by atoms with Crippen LogP contribution in [0.2, 0.25) is 0 Å². The van der Waals surface area contributed by atoms with Gasteiger partial charge < -0.3 is 9.67 Å². The van der Waals surface area contributed by atoms with Crippen LogP contribution in [0, 0.1) is 0 Å². The van der Waals surface area contributed by atoms with Gasteiger partial charge in [0, 0.05) is 13.2 Å². The van der Waals surface area contributed by atoms with Crippen LogP contribution in [0.4, 0.5) is 0 Å². The molecule has 1 N–H and O–H groups in total. The lowest BCUT2D eigenvalue weighted by molar-refractivity contribution is -0.142. The Balaban J connectivity index is 3.13. The van der Waals surface area contributed by atoms with Gasteiger partial charge in [-0.2, -0.15) is 0 Å². The van der Waals surface area contributed by atoms with Gasteiger partial charge in [0.05, 0.1) is 12.0 Å². The van der Waals surface area contributed by atoms with Crippen molar-refractivity contribution in [1.29, 1.82) is 0 Å². The minimum Gasteiger partial charge on any atom is -0.481 e. The van der Waals surface area contributed by atoms with Crippen LogP contribution >= 0.6 is 0 Å². The summed E-state index contributed by atoms with van der Waals surface area (Å²) in [5.74, 6) is -0.842. The number of carboxylic acids is 1. The van der Waals surface area contributed by atoms with Gasteiger partial charge in [-0.3, -0.25) is 4.79 Å². The first kappa shape index (κ1) is 8.77.